The Balaban J connectivity index is 1.76. The van der Waals surface area contributed by atoms with E-state index in [1.165, 1.54) is 11.3 Å². The van der Waals surface area contributed by atoms with Crippen molar-refractivity contribution in [3.63, 3.8) is 0 Å². The van der Waals surface area contributed by atoms with E-state index >= 15 is 0 Å². The molecular weight excluding hydrogens is 315 g/mol. The first-order valence-electron chi connectivity index (χ1n) is 6.91. The summed E-state index contributed by atoms with van der Waals surface area (Å²) >= 11 is 1.45. The lowest BCUT2D eigenvalue weighted by molar-refractivity contribution is -0.139. The molecule has 1 aromatic carbocycles. The zero-order chi connectivity index (χ0) is 15.7. The second kappa shape index (κ2) is 5.75. The van der Waals surface area contributed by atoms with E-state index in [-0.39, 0.29) is 0 Å². The number of nitrogens with one attached hydrogen (secondary N) is 1. The van der Waals surface area contributed by atoms with Gasteiger partial charge in [-0.25, -0.2) is 4.98 Å². The van der Waals surface area contributed by atoms with Gasteiger partial charge in [0.05, 0.1) is 10.2 Å². The minimum atomic E-state index is -4.39. The molecule has 22 heavy (non-hydrogen) atoms. The van der Waals surface area contributed by atoms with Crippen molar-refractivity contribution in [1.82, 2.24) is 10.3 Å². The summed E-state index contributed by atoms with van der Waals surface area (Å²) in [6.45, 7) is -0.667. The molecule has 1 fully saturated rings. The molecule has 1 aromatic heterocycles. The second-order valence-electron chi connectivity index (χ2n) is 5.15. The van der Waals surface area contributed by atoms with Crippen molar-refractivity contribution in [2.24, 2.45) is 0 Å². The number of aromatic nitrogens is 1. The highest BCUT2D eigenvalue weighted by molar-refractivity contribution is 7.22. The molecular formula is C14H14F3N3OS. The molecule has 0 aliphatic carbocycles. The molecule has 4 nitrogen and oxygen atoms in total. The van der Waals surface area contributed by atoms with Gasteiger partial charge in [-0.1, -0.05) is 23.5 Å². The summed E-state index contributed by atoms with van der Waals surface area (Å²) < 4.78 is 37.7. The highest BCUT2D eigenvalue weighted by Gasteiger charge is 2.35. The predicted molar refractivity (Wildman–Crippen MR) is 79.1 cm³/mol. The van der Waals surface area contributed by atoms with Crippen molar-refractivity contribution < 1.29 is 18.0 Å². The van der Waals surface area contributed by atoms with Crippen molar-refractivity contribution in [3.8, 4) is 0 Å². The minimum Gasteiger partial charge on any atom is -0.345 e. The van der Waals surface area contributed by atoms with Crippen molar-refractivity contribution in [2.75, 3.05) is 18.0 Å². The van der Waals surface area contributed by atoms with Crippen LogP contribution in [0, 0.1) is 0 Å². The fourth-order valence-corrected chi connectivity index (χ4v) is 3.60. The van der Waals surface area contributed by atoms with E-state index in [1.807, 2.05) is 29.6 Å². The Morgan fingerprint density at radius 2 is 2.18 bits per heavy atom. The summed E-state index contributed by atoms with van der Waals surface area (Å²) in [6, 6.07) is 7.02. The van der Waals surface area contributed by atoms with E-state index in [4.69, 9.17) is 0 Å². The molecule has 1 N–H and O–H groups in total. The van der Waals surface area contributed by atoms with E-state index in [0.717, 1.165) is 16.6 Å². The fraction of sp³-hybridized carbons (Fsp3) is 0.429. The van der Waals surface area contributed by atoms with Crippen LogP contribution in [0.15, 0.2) is 24.3 Å². The highest BCUT2D eigenvalue weighted by atomic mass is 32.1. The Labute approximate surface area is 128 Å². The monoisotopic (exact) mass is 329 g/mol. The van der Waals surface area contributed by atoms with Gasteiger partial charge >= 0.3 is 6.18 Å². The number of benzene rings is 1. The summed E-state index contributed by atoms with van der Waals surface area (Å²) in [4.78, 5) is 18.3. The molecule has 1 aliphatic heterocycles. The van der Waals surface area contributed by atoms with Crippen LogP contribution in [0.25, 0.3) is 10.2 Å². The number of carbonyl (C=O) groups excluding carboxylic acids is 1. The predicted octanol–water partition coefficient (Wildman–Crippen LogP) is 2.94. The number of amides is 1. The number of para-hydroxylation sites is 1. The number of hydrogen-bond acceptors (Lipinski definition) is 4. The van der Waals surface area contributed by atoms with Gasteiger partial charge < -0.3 is 10.2 Å². The van der Waals surface area contributed by atoms with E-state index < -0.39 is 24.7 Å². The van der Waals surface area contributed by atoms with Crippen molar-refractivity contribution in [3.05, 3.63) is 24.3 Å². The number of thiazole rings is 1. The zero-order valence-electron chi connectivity index (χ0n) is 11.6. The molecule has 2 aromatic rings. The topological polar surface area (TPSA) is 45.2 Å². The molecule has 1 atom stereocenters. The quantitative estimate of drug-likeness (QED) is 0.942. The number of alkyl halides is 3. The van der Waals surface area contributed by atoms with Crippen LogP contribution >= 0.6 is 11.3 Å². The van der Waals surface area contributed by atoms with Gasteiger partial charge in [0, 0.05) is 6.54 Å². The number of anilines is 1. The normalized spacial score (nSPS) is 18.9. The maximum Gasteiger partial charge on any atom is 0.405 e. The average Bonchev–Trinajstić information content (AvgIpc) is 3.09. The largest absolute Gasteiger partial charge is 0.405 e. The Morgan fingerprint density at radius 3 is 2.91 bits per heavy atom. The van der Waals surface area contributed by atoms with E-state index in [0.29, 0.717) is 18.1 Å². The molecule has 0 unspecified atom stereocenters. The van der Waals surface area contributed by atoms with Gasteiger partial charge in [0.2, 0.25) is 5.91 Å². The van der Waals surface area contributed by atoms with Gasteiger partial charge in [0.1, 0.15) is 12.6 Å². The van der Waals surface area contributed by atoms with E-state index in [1.54, 1.807) is 4.90 Å². The van der Waals surface area contributed by atoms with Crippen LogP contribution in [0.1, 0.15) is 12.8 Å². The maximum absolute atomic E-state index is 12.2. The maximum atomic E-state index is 12.2. The number of rotatable bonds is 3. The molecule has 0 spiro atoms. The van der Waals surface area contributed by atoms with Crippen molar-refractivity contribution in [1.29, 1.82) is 0 Å². The lowest BCUT2D eigenvalue weighted by Gasteiger charge is -2.23. The third-order valence-electron chi connectivity index (χ3n) is 3.55. The molecule has 1 saturated heterocycles. The summed E-state index contributed by atoms with van der Waals surface area (Å²) in [7, 11) is 0. The lowest BCUT2D eigenvalue weighted by Crippen LogP contribution is -2.46. The first-order valence-corrected chi connectivity index (χ1v) is 7.72. The van der Waals surface area contributed by atoms with Gasteiger partial charge in [-0.05, 0) is 25.0 Å². The van der Waals surface area contributed by atoms with Crippen LogP contribution in [-0.2, 0) is 4.79 Å². The summed E-state index contributed by atoms with van der Waals surface area (Å²) in [6.07, 6.45) is -3.09. The van der Waals surface area contributed by atoms with Crippen LogP contribution in [0.3, 0.4) is 0 Å². The number of fused-ring (bicyclic) bond motifs is 1. The minimum absolute atomic E-state index is 0.541. The van der Waals surface area contributed by atoms with Gasteiger partial charge in [-0.2, -0.15) is 13.2 Å². The van der Waals surface area contributed by atoms with Crippen LogP contribution in [0.5, 0.6) is 0 Å². The van der Waals surface area contributed by atoms with Gasteiger partial charge in [0.25, 0.3) is 0 Å². The Bertz CT molecular complexity index is 652. The van der Waals surface area contributed by atoms with Crippen molar-refractivity contribution >= 4 is 32.6 Å². The number of halogens is 3. The second-order valence-corrected chi connectivity index (χ2v) is 6.16. The van der Waals surface area contributed by atoms with Crippen LogP contribution in [-0.4, -0.2) is 36.2 Å². The SMILES string of the molecule is O=C(NCC(F)(F)F)[C@H]1CCCN1c1nc2ccccc2s1. The molecule has 118 valence electrons. The Hall–Kier alpha value is -1.83. The Morgan fingerprint density at radius 1 is 1.41 bits per heavy atom. The van der Waals surface area contributed by atoms with Gasteiger partial charge in [-0.3, -0.25) is 4.79 Å². The number of hydrogen-bond donors (Lipinski definition) is 1. The molecule has 0 radical (unpaired) electrons. The molecule has 3 rings (SSSR count). The van der Waals surface area contributed by atoms with E-state index in [9.17, 15) is 18.0 Å². The number of carbonyl (C=O) groups is 1. The molecule has 1 amide bonds. The lowest BCUT2D eigenvalue weighted by atomic mass is 10.2. The first kappa shape index (κ1) is 15.1. The Kier molecular flexibility index (Phi) is 3.94. The molecule has 2 heterocycles. The molecule has 8 heteroatoms. The molecule has 1 aliphatic rings. The van der Waals surface area contributed by atoms with Crippen LogP contribution in [0.2, 0.25) is 0 Å². The first-order chi connectivity index (χ1) is 10.4. The van der Waals surface area contributed by atoms with Crippen LogP contribution in [0.4, 0.5) is 18.3 Å². The van der Waals surface area contributed by atoms with Gasteiger partial charge in [-0.15, -0.1) is 0 Å². The third-order valence-corrected chi connectivity index (χ3v) is 4.62. The summed E-state index contributed by atoms with van der Waals surface area (Å²) in [5, 5.41) is 2.66. The summed E-state index contributed by atoms with van der Waals surface area (Å²) in [5.74, 6) is -0.589. The zero-order valence-corrected chi connectivity index (χ0v) is 12.4. The molecule has 0 saturated carbocycles. The van der Waals surface area contributed by atoms with E-state index in [2.05, 4.69) is 4.98 Å². The van der Waals surface area contributed by atoms with Crippen molar-refractivity contribution in [2.45, 2.75) is 25.1 Å². The fourth-order valence-electron chi connectivity index (χ4n) is 2.56. The average molecular weight is 329 g/mol. The molecule has 0 bridgehead atoms. The number of nitrogens with zero attached hydrogens (tertiary/aromatic N) is 2. The third kappa shape index (κ3) is 3.16. The summed E-state index contributed by atoms with van der Waals surface area (Å²) in [5.41, 5.74) is 0.837. The standard InChI is InChI=1S/C14H14F3N3OS/c15-14(16,17)8-18-12(21)10-5-3-7-20(10)13-19-9-4-1-2-6-11(9)22-13/h1-2,4,6,10H,3,5,7-8H2,(H,18,21)/t10-/m1/s1. The highest BCUT2D eigenvalue weighted by Crippen LogP contribution is 2.33. The smallest absolute Gasteiger partial charge is 0.345 e. The van der Waals surface area contributed by atoms with Crippen LogP contribution < -0.4 is 10.2 Å². The van der Waals surface area contributed by atoms with Gasteiger partial charge in [0.15, 0.2) is 5.13 Å².